The Morgan fingerprint density at radius 3 is 2.53 bits per heavy atom. The van der Waals surface area contributed by atoms with Gasteiger partial charge in [-0.15, -0.1) is 0 Å². The molecule has 0 fully saturated rings. The lowest BCUT2D eigenvalue weighted by atomic mass is 10.1. The summed E-state index contributed by atoms with van der Waals surface area (Å²) in [5, 5.41) is 0.913. The van der Waals surface area contributed by atoms with E-state index in [4.69, 9.17) is 33.7 Å². The van der Waals surface area contributed by atoms with E-state index < -0.39 is 0 Å². The maximum atomic E-state index is 13.9. The highest BCUT2D eigenvalue weighted by Gasteiger charge is 2.08. The molecule has 0 saturated heterocycles. The van der Waals surface area contributed by atoms with E-state index in [1.54, 1.807) is 36.4 Å². The molecule has 0 heterocycles. The third kappa shape index (κ3) is 3.38. The van der Waals surface area contributed by atoms with Gasteiger partial charge in [-0.1, -0.05) is 41.4 Å². The highest BCUT2D eigenvalue weighted by atomic mass is 35.5. The molecule has 2 rings (SSSR count). The first kappa shape index (κ1) is 14.1. The largest absolute Gasteiger partial charge is 0.487 e. The predicted molar refractivity (Wildman–Crippen MR) is 75.1 cm³/mol. The molecule has 0 unspecified atom stereocenters. The summed E-state index contributed by atoms with van der Waals surface area (Å²) in [4.78, 5) is 0. The number of nitrogens with two attached hydrogens (primary N) is 1. The van der Waals surface area contributed by atoms with Crippen LogP contribution in [0.5, 0.6) is 5.75 Å². The monoisotopic (exact) mass is 299 g/mol. The van der Waals surface area contributed by atoms with E-state index in [1.165, 1.54) is 0 Å². The maximum absolute atomic E-state index is 13.9. The Kier molecular flexibility index (Phi) is 4.64. The lowest BCUT2D eigenvalue weighted by Crippen LogP contribution is -2.05. The summed E-state index contributed by atoms with van der Waals surface area (Å²) >= 11 is 11.8. The van der Waals surface area contributed by atoms with Crippen LogP contribution in [-0.2, 0) is 13.2 Å². The molecule has 0 aliphatic rings. The van der Waals surface area contributed by atoms with Crippen LogP contribution in [0, 0.1) is 5.82 Å². The first-order chi connectivity index (χ1) is 9.11. The molecule has 0 atom stereocenters. The van der Waals surface area contributed by atoms with Gasteiger partial charge in [-0.25, -0.2) is 4.39 Å². The van der Waals surface area contributed by atoms with Crippen molar-refractivity contribution in [2.24, 2.45) is 5.73 Å². The summed E-state index contributed by atoms with van der Waals surface area (Å²) in [6.07, 6.45) is 0. The van der Waals surface area contributed by atoms with Gasteiger partial charge in [0.25, 0.3) is 0 Å². The Balaban J connectivity index is 2.14. The van der Waals surface area contributed by atoms with E-state index in [-0.39, 0.29) is 19.0 Å². The summed E-state index contributed by atoms with van der Waals surface area (Å²) in [5.41, 5.74) is 6.35. The molecule has 0 saturated carbocycles. The van der Waals surface area contributed by atoms with E-state index in [2.05, 4.69) is 0 Å². The van der Waals surface area contributed by atoms with E-state index in [9.17, 15) is 4.39 Å². The quantitative estimate of drug-likeness (QED) is 0.919. The molecule has 0 aliphatic heterocycles. The SMILES string of the molecule is NCc1cccc(COc2ccc(Cl)cc2Cl)c1F. The highest BCUT2D eigenvalue weighted by Crippen LogP contribution is 2.28. The van der Waals surface area contributed by atoms with Gasteiger partial charge >= 0.3 is 0 Å². The number of benzene rings is 2. The normalized spacial score (nSPS) is 10.5. The molecular formula is C14H12Cl2FNO. The van der Waals surface area contributed by atoms with E-state index >= 15 is 0 Å². The van der Waals surface area contributed by atoms with Crippen LogP contribution in [0.1, 0.15) is 11.1 Å². The van der Waals surface area contributed by atoms with Crippen LogP contribution in [0.2, 0.25) is 10.0 Å². The van der Waals surface area contributed by atoms with Crippen molar-refractivity contribution in [1.82, 2.24) is 0 Å². The van der Waals surface area contributed by atoms with Crippen molar-refractivity contribution in [1.29, 1.82) is 0 Å². The van der Waals surface area contributed by atoms with Gasteiger partial charge in [0.2, 0.25) is 0 Å². The van der Waals surface area contributed by atoms with Crippen molar-refractivity contribution in [3.8, 4) is 5.75 Å². The molecule has 0 bridgehead atoms. The summed E-state index contributed by atoms with van der Waals surface area (Å²) in [6.45, 7) is 0.238. The van der Waals surface area contributed by atoms with Crippen molar-refractivity contribution in [3.05, 3.63) is 63.4 Å². The first-order valence-electron chi connectivity index (χ1n) is 5.66. The average molecular weight is 300 g/mol. The summed E-state index contributed by atoms with van der Waals surface area (Å²) in [5.74, 6) is 0.124. The predicted octanol–water partition coefficient (Wildman–Crippen LogP) is 4.17. The van der Waals surface area contributed by atoms with E-state index in [0.29, 0.717) is 26.9 Å². The molecule has 2 N–H and O–H groups in total. The molecule has 19 heavy (non-hydrogen) atoms. The molecule has 0 aromatic heterocycles. The van der Waals surface area contributed by atoms with E-state index in [1.807, 2.05) is 0 Å². The second-order valence-electron chi connectivity index (χ2n) is 3.96. The van der Waals surface area contributed by atoms with Crippen molar-refractivity contribution in [2.75, 3.05) is 0 Å². The number of hydrogen-bond acceptors (Lipinski definition) is 2. The number of halogens is 3. The van der Waals surface area contributed by atoms with Gasteiger partial charge in [0, 0.05) is 22.7 Å². The second-order valence-corrected chi connectivity index (χ2v) is 4.80. The van der Waals surface area contributed by atoms with Gasteiger partial charge in [-0.05, 0) is 18.2 Å². The first-order valence-corrected chi connectivity index (χ1v) is 6.41. The fourth-order valence-corrected chi connectivity index (χ4v) is 2.11. The van der Waals surface area contributed by atoms with Crippen LogP contribution in [0.3, 0.4) is 0 Å². The minimum Gasteiger partial charge on any atom is -0.487 e. The fraction of sp³-hybridized carbons (Fsp3) is 0.143. The van der Waals surface area contributed by atoms with Crippen LogP contribution in [0.15, 0.2) is 36.4 Å². The van der Waals surface area contributed by atoms with Gasteiger partial charge in [-0.2, -0.15) is 0 Å². The second kappa shape index (κ2) is 6.24. The minimum absolute atomic E-state index is 0.0844. The third-order valence-corrected chi connectivity index (χ3v) is 3.19. The lowest BCUT2D eigenvalue weighted by molar-refractivity contribution is 0.299. The molecule has 0 spiro atoms. The van der Waals surface area contributed by atoms with Crippen molar-refractivity contribution in [2.45, 2.75) is 13.2 Å². The lowest BCUT2D eigenvalue weighted by Gasteiger charge is -2.10. The topological polar surface area (TPSA) is 35.2 Å². The molecular weight excluding hydrogens is 288 g/mol. The van der Waals surface area contributed by atoms with Crippen LogP contribution in [-0.4, -0.2) is 0 Å². The Labute approximate surface area is 120 Å². The molecule has 2 aromatic rings. The number of rotatable bonds is 4. The average Bonchev–Trinajstić information content (AvgIpc) is 2.39. The molecule has 100 valence electrons. The summed E-state index contributed by atoms with van der Waals surface area (Å²) < 4.78 is 19.4. The zero-order valence-electron chi connectivity index (χ0n) is 10.00. The van der Waals surface area contributed by atoms with E-state index in [0.717, 1.165) is 0 Å². The Morgan fingerprint density at radius 1 is 1.11 bits per heavy atom. The molecule has 0 radical (unpaired) electrons. The highest BCUT2D eigenvalue weighted by molar-refractivity contribution is 6.35. The molecule has 2 nitrogen and oxygen atoms in total. The Hall–Kier alpha value is -1.29. The standard InChI is InChI=1S/C14H12Cl2FNO/c15-11-4-5-13(12(16)6-11)19-8-10-3-1-2-9(7-18)14(10)17/h1-6H,7-8,18H2. The zero-order chi connectivity index (χ0) is 13.8. The van der Waals surface area contributed by atoms with Crippen molar-refractivity contribution in [3.63, 3.8) is 0 Å². The molecule has 0 amide bonds. The minimum atomic E-state index is -0.338. The smallest absolute Gasteiger partial charge is 0.138 e. The number of ether oxygens (including phenoxy) is 1. The maximum Gasteiger partial charge on any atom is 0.138 e. The van der Waals surface area contributed by atoms with Crippen LogP contribution in [0.25, 0.3) is 0 Å². The Bertz CT molecular complexity index is 590. The van der Waals surface area contributed by atoms with Crippen LogP contribution >= 0.6 is 23.2 Å². The van der Waals surface area contributed by atoms with Gasteiger partial charge in [-0.3, -0.25) is 0 Å². The van der Waals surface area contributed by atoms with Gasteiger partial charge in [0.05, 0.1) is 5.02 Å². The third-order valence-electron chi connectivity index (χ3n) is 2.66. The fourth-order valence-electron chi connectivity index (χ4n) is 1.65. The van der Waals surface area contributed by atoms with Gasteiger partial charge < -0.3 is 10.5 Å². The van der Waals surface area contributed by atoms with Crippen molar-refractivity contribution >= 4 is 23.2 Å². The van der Waals surface area contributed by atoms with Crippen molar-refractivity contribution < 1.29 is 9.13 Å². The summed E-state index contributed by atoms with van der Waals surface area (Å²) in [6, 6.07) is 9.93. The van der Waals surface area contributed by atoms with Gasteiger partial charge in [0.15, 0.2) is 0 Å². The Morgan fingerprint density at radius 2 is 1.84 bits per heavy atom. The summed E-state index contributed by atoms with van der Waals surface area (Å²) in [7, 11) is 0. The number of hydrogen-bond donors (Lipinski definition) is 1. The van der Waals surface area contributed by atoms with Crippen LogP contribution in [0.4, 0.5) is 4.39 Å². The van der Waals surface area contributed by atoms with Gasteiger partial charge in [0.1, 0.15) is 18.2 Å². The van der Waals surface area contributed by atoms with Crippen LogP contribution < -0.4 is 10.5 Å². The molecule has 5 heteroatoms. The molecule has 0 aliphatic carbocycles. The zero-order valence-corrected chi connectivity index (χ0v) is 11.5. The molecule has 2 aromatic carbocycles.